The van der Waals surface area contributed by atoms with E-state index in [1.807, 2.05) is 41.3 Å². The Morgan fingerprint density at radius 2 is 1.79 bits per heavy atom. The molecule has 0 bridgehead atoms. The third-order valence-electron chi connectivity index (χ3n) is 6.40. The molecule has 2 fully saturated rings. The second-order valence-electron chi connectivity index (χ2n) is 8.43. The second kappa shape index (κ2) is 8.60. The van der Waals surface area contributed by atoms with Crippen LogP contribution in [0.15, 0.2) is 42.5 Å². The van der Waals surface area contributed by atoms with Crippen molar-refractivity contribution < 1.29 is 9.90 Å². The van der Waals surface area contributed by atoms with Gasteiger partial charge in [0, 0.05) is 50.8 Å². The van der Waals surface area contributed by atoms with Gasteiger partial charge in [-0.25, -0.2) is 0 Å². The molecule has 2 atom stereocenters. The van der Waals surface area contributed by atoms with Crippen LogP contribution in [-0.4, -0.2) is 85.2 Å². The molecular formula is C23H31N3O2. The fraction of sp³-hybridized carbons (Fsp3) is 0.522. The Morgan fingerprint density at radius 1 is 1.00 bits per heavy atom. The van der Waals surface area contributed by atoms with Gasteiger partial charge >= 0.3 is 0 Å². The lowest BCUT2D eigenvalue weighted by Crippen LogP contribution is -2.36. The lowest BCUT2D eigenvalue weighted by molar-refractivity contribution is 0.0779. The molecule has 28 heavy (non-hydrogen) atoms. The molecule has 0 unspecified atom stereocenters. The van der Waals surface area contributed by atoms with Gasteiger partial charge in [-0.15, -0.1) is 0 Å². The number of hydrogen-bond acceptors (Lipinski definition) is 4. The third-order valence-corrected chi connectivity index (χ3v) is 6.40. The quantitative estimate of drug-likeness (QED) is 0.882. The molecule has 2 aliphatic heterocycles. The number of aliphatic hydroxyl groups excluding tert-OH is 1. The van der Waals surface area contributed by atoms with Crippen molar-refractivity contribution in [2.24, 2.45) is 11.8 Å². The molecule has 5 heteroatoms. The molecule has 0 spiro atoms. The summed E-state index contributed by atoms with van der Waals surface area (Å²) in [5, 5.41) is 12.2. The molecule has 5 nitrogen and oxygen atoms in total. The summed E-state index contributed by atoms with van der Waals surface area (Å²) in [6.45, 7) is 6.94. The summed E-state index contributed by atoms with van der Waals surface area (Å²) in [4.78, 5) is 20.0. The Hall–Kier alpha value is -1.95. The molecule has 0 aliphatic carbocycles. The number of likely N-dealkylation sites (tertiary alicyclic amines) is 1. The topological polar surface area (TPSA) is 47.0 Å². The van der Waals surface area contributed by atoms with Crippen LogP contribution in [0.4, 0.5) is 0 Å². The summed E-state index contributed by atoms with van der Waals surface area (Å²) in [5.41, 5.74) is 0.743. The maximum atomic E-state index is 13.1. The zero-order valence-corrected chi connectivity index (χ0v) is 16.8. The first-order valence-electron chi connectivity index (χ1n) is 10.4. The van der Waals surface area contributed by atoms with Crippen LogP contribution in [0.25, 0.3) is 10.8 Å². The van der Waals surface area contributed by atoms with Gasteiger partial charge in [0.1, 0.15) is 0 Å². The molecule has 2 aromatic carbocycles. The van der Waals surface area contributed by atoms with Gasteiger partial charge in [-0.2, -0.15) is 0 Å². The van der Waals surface area contributed by atoms with Gasteiger partial charge < -0.3 is 19.8 Å². The molecule has 0 radical (unpaired) electrons. The molecule has 4 rings (SSSR count). The second-order valence-corrected chi connectivity index (χ2v) is 8.43. The van der Waals surface area contributed by atoms with E-state index in [-0.39, 0.29) is 18.4 Å². The molecule has 0 saturated carbocycles. The maximum Gasteiger partial charge on any atom is 0.253 e. The zero-order chi connectivity index (χ0) is 19.5. The van der Waals surface area contributed by atoms with E-state index >= 15 is 0 Å². The number of fused-ring (bicyclic) bond motifs is 1. The minimum Gasteiger partial charge on any atom is -0.396 e. The molecule has 150 valence electrons. The lowest BCUT2D eigenvalue weighted by Gasteiger charge is -2.26. The van der Waals surface area contributed by atoms with Gasteiger partial charge in [0.2, 0.25) is 0 Å². The predicted molar refractivity (Wildman–Crippen MR) is 112 cm³/mol. The van der Waals surface area contributed by atoms with Gasteiger partial charge in [0.25, 0.3) is 5.91 Å². The van der Waals surface area contributed by atoms with Crippen LogP contribution in [0.2, 0.25) is 0 Å². The molecule has 2 saturated heterocycles. The third kappa shape index (κ3) is 4.22. The normalized spacial score (nSPS) is 24.6. The van der Waals surface area contributed by atoms with Crippen molar-refractivity contribution in [1.82, 2.24) is 14.7 Å². The smallest absolute Gasteiger partial charge is 0.253 e. The lowest BCUT2D eigenvalue weighted by atomic mass is 9.96. The summed E-state index contributed by atoms with van der Waals surface area (Å²) < 4.78 is 0. The highest BCUT2D eigenvalue weighted by Crippen LogP contribution is 2.27. The Bertz CT molecular complexity index is 824. The van der Waals surface area contributed by atoms with Crippen LogP contribution in [0.3, 0.4) is 0 Å². The summed E-state index contributed by atoms with van der Waals surface area (Å²) >= 11 is 0. The van der Waals surface area contributed by atoms with Crippen LogP contribution in [0, 0.1) is 11.8 Å². The SMILES string of the molecule is CN1CCCN(C[C@@H]2CN(C(=O)c3ccc4ccccc4c3)C[C@@H]2CO)CC1. The molecule has 2 aromatic rings. The van der Waals surface area contributed by atoms with Gasteiger partial charge in [0.15, 0.2) is 0 Å². The molecule has 2 aliphatic rings. The van der Waals surface area contributed by atoms with Crippen molar-refractivity contribution in [2.75, 3.05) is 59.5 Å². The summed E-state index contributed by atoms with van der Waals surface area (Å²) in [5.74, 6) is 0.602. The molecular weight excluding hydrogens is 350 g/mol. The average molecular weight is 382 g/mol. The van der Waals surface area contributed by atoms with E-state index in [1.54, 1.807) is 0 Å². The summed E-state index contributed by atoms with van der Waals surface area (Å²) in [7, 11) is 2.18. The number of carbonyl (C=O) groups is 1. The van der Waals surface area contributed by atoms with Gasteiger partial charge in [-0.05, 0) is 55.4 Å². The van der Waals surface area contributed by atoms with Crippen molar-refractivity contribution in [1.29, 1.82) is 0 Å². The summed E-state index contributed by atoms with van der Waals surface area (Å²) in [6, 6.07) is 14.1. The van der Waals surface area contributed by atoms with E-state index in [4.69, 9.17) is 0 Å². The minimum atomic E-state index is 0.0855. The first-order chi connectivity index (χ1) is 13.6. The zero-order valence-electron chi connectivity index (χ0n) is 16.8. The Morgan fingerprint density at radius 3 is 2.61 bits per heavy atom. The Labute approximate surface area is 167 Å². The van der Waals surface area contributed by atoms with Crippen LogP contribution in [0.1, 0.15) is 16.8 Å². The minimum absolute atomic E-state index is 0.0855. The van der Waals surface area contributed by atoms with Crippen molar-refractivity contribution in [3.05, 3.63) is 48.0 Å². The van der Waals surface area contributed by atoms with Gasteiger partial charge in [0.05, 0.1) is 0 Å². The predicted octanol–water partition coefficient (Wildman–Crippen LogP) is 2.16. The van der Waals surface area contributed by atoms with Crippen molar-refractivity contribution in [3.63, 3.8) is 0 Å². The highest BCUT2D eigenvalue weighted by molar-refractivity contribution is 5.98. The molecule has 1 N–H and O–H groups in total. The van der Waals surface area contributed by atoms with E-state index < -0.39 is 0 Å². The first-order valence-corrected chi connectivity index (χ1v) is 10.4. The Kier molecular flexibility index (Phi) is 5.95. The summed E-state index contributed by atoms with van der Waals surface area (Å²) in [6.07, 6.45) is 1.19. The number of amides is 1. The number of carbonyl (C=O) groups excluding carboxylic acids is 1. The van der Waals surface area contributed by atoms with E-state index in [0.717, 1.165) is 55.6 Å². The number of likely N-dealkylation sites (N-methyl/N-ethyl adjacent to an activating group) is 1. The number of aliphatic hydroxyl groups is 1. The number of rotatable bonds is 4. The van der Waals surface area contributed by atoms with Crippen molar-refractivity contribution in [3.8, 4) is 0 Å². The standard InChI is InChI=1S/C23H31N3O2/c1-24-9-4-10-25(12-11-24)14-21-15-26(16-22(21)17-27)23(28)20-8-7-18-5-2-3-6-19(18)13-20/h2-3,5-8,13,21-22,27H,4,9-12,14-17H2,1H3/t21-,22-/m1/s1. The number of hydrogen-bond donors (Lipinski definition) is 1. The van der Waals surface area contributed by atoms with Crippen LogP contribution in [-0.2, 0) is 0 Å². The molecule has 1 amide bonds. The number of nitrogens with zero attached hydrogens (tertiary/aromatic N) is 3. The average Bonchev–Trinajstić information content (AvgIpc) is 3.02. The number of benzene rings is 2. The first kappa shape index (κ1) is 19.4. The van der Waals surface area contributed by atoms with E-state index in [1.165, 1.54) is 6.42 Å². The van der Waals surface area contributed by atoms with Crippen molar-refractivity contribution >= 4 is 16.7 Å². The van der Waals surface area contributed by atoms with E-state index in [0.29, 0.717) is 12.5 Å². The van der Waals surface area contributed by atoms with Crippen LogP contribution in [0.5, 0.6) is 0 Å². The molecule has 0 aromatic heterocycles. The fourth-order valence-electron chi connectivity index (χ4n) is 4.64. The largest absolute Gasteiger partial charge is 0.396 e. The fourth-order valence-corrected chi connectivity index (χ4v) is 4.64. The molecule has 2 heterocycles. The maximum absolute atomic E-state index is 13.1. The van der Waals surface area contributed by atoms with Crippen LogP contribution >= 0.6 is 0 Å². The highest BCUT2D eigenvalue weighted by Gasteiger charge is 2.36. The van der Waals surface area contributed by atoms with Gasteiger partial charge in [-0.1, -0.05) is 30.3 Å². The Balaban J connectivity index is 1.44. The van der Waals surface area contributed by atoms with Crippen molar-refractivity contribution in [2.45, 2.75) is 6.42 Å². The van der Waals surface area contributed by atoms with Gasteiger partial charge in [-0.3, -0.25) is 4.79 Å². The van der Waals surface area contributed by atoms with E-state index in [2.05, 4.69) is 22.9 Å². The van der Waals surface area contributed by atoms with E-state index in [9.17, 15) is 9.90 Å². The van der Waals surface area contributed by atoms with Crippen LogP contribution < -0.4 is 0 Å². The highest BCUT2D eigenvalue weighted by atomic mass is 16.3. The monoisotopic (exact) mass is 381 g/mol.